The van der Waals surface area contributed by atoms with Crippen LogP contribution >= 0.6 is 0 Å². The molecule has 1 aromatic rings. The molecule has 2 heterocycles. The van der Waals surface area contributed by atoms with E-state index in [9.17, 15) is 19.7 Å². The van der Waals surface area contributed by atoms with Crippen molar-refractivity contribution in [2.24, 2.45) is 11.8 Å². The molecular weight excluding hydrogens is 430 g/mol. The van der Waals surface area contributed by atoms with E-state index in [-0.39, 0.29) is 35.7 Å². The molecule has 180 valence electrons. The molecule has 4 rings (SSSR count). The minimum absolute atomic E-state index is 0.100. The molecule has 1 aromatic carbocycles. The van der Waals surface area contributed by atoms with Crippen LogP contribution in [0.2, 0.25) is 0 Å². The van der Waals surface area contributed by atoms with Gasteiger partial charge in [-0.3, -0.25) is 14.9 Å². The van der Waals surface area contributed by atoms with Crippen molar-refractivity contribution in [1.82, 2.24) is 9.80 Å². The summed E-state index contributed by atoms with van der Waals surface area (Å²) in [5.74, 6) is -0.695. The molecule has 1 aliphatic carbocycles. The van der Waals surface area contributed by atoms with Crippen LogP contribution in [-0.2, 0) is 14.3 Å². The summed E-state index contributed by atoms with van der Waals surface area (Å²) in [5.41, 5.74) is -0.100. The molecule has 0 radical (unpaired) electrons. The molecule has 3 aliphatic rings. The first-order valence-corrected chi connectivity index (χ1v) is 11.6. The molecule has 0 unspecified atom stereocenters. The second-order valence-corrected chi connectivity index (χ2v) is 9.16. The summed E-state index contributed by atoms with van der Waals surface area (Å²) in [6, 6.07) is 5.60. The van der Waals surface area contributed by atoms with E-state index in [1.165, 1.54) is 29.2 Å². The van der Waals surface area contributed by atoms with Crippen LogP contribution in [0, 0.1) is 22.0 Å². The smallest absolute Gasteiger partial charge is 0.410 e. The van der Waals surface area contributed by atoms with Crippen molar-refractivity contribution in [3.8, 4) is 5.75 Å². The van der Waals surface area contributed by atoms with Crippen molar-refractivity contribution < 1.29 is 28.7 Å². The number of nitrogens with zero attached hydrogens (tertiary/aromatic N) is 3. The summed E-state index contributed by atoms with van der Waals surface area (Å²) in [7, 11) is 2.03. The monoisotopic (exact) mass is 461 g/mol. The number of carbonyl (C=O) groups excluding carboxylic acids is 2. The first-order valence-electron chi connectivity index (χ1n) is 11.6. The van der Waals surface area contributed by atoms with Crippen LogP contribution in [-0.4, -0.2) is 71.9 Å². The predicted octanol–water partition coefficient (Wildman–Crippen LogP) is 3.20. The molecule has 1 saturated carbocycles. The minimum Gasteiger partial charge on any atom is -0.410 e. The second kappa shape index (κ2) is 9.74. The lowest BCUT2D eigenvalue weighted by Crippen LogP contribution is -2.56. The van der Waals surface area contributed by atoms with Gasteiger partial charge >= 0.3 is 6.09 Å². The van der Waals surface area contributed by atoms with Gasteiger partial charge in [0, 0.05) is 44.1 Å². The van der Waals surface area contributed by atoms with Crippen LogP contribution in [0.1, 0.15) is 39.0 Å². The average Bonchev–Trinajstić information content (AvgIpc) is 3.24. The summed E-state index contributed by atoms with van der Waals surface area (Å²) < 4.78 is 17.2. The third kappa shape index (κ3) is 5.02. The number of fused-ring (bicyclic) bond motifs is 1. The van der Waals surface area contributed by atoms with Gasteiger partial charge in [-0.25, -0.2) is 9.69 Å². The number of nitro benzene ring substituents is 1. The molecule has 2 saturated heterocycles. The van der Waals surface area contributed by atoms with Crippen molar-refractivity contribution in [2.75, 3.05) is 33.4 Å². The molecule has 33 heavy (non-hydrogen) atoms. The highest BCUT2D eigenvalue weighted by atomic mass is 16.7. The minimum atomic E-state index is -0.761. The van der Waals surface area contributed by atoms with Crippen LogP contribution in [0.3, 0.4) is 0 Å². The number of rotatable bonds is 5. The Labute approximate surface area is 192 Å². The first kappa shape index (κ1) is 23.6. The lowest BCUT2D eigenvalue weighted by Gasteiger charge is -2.49. The predicted molar refractivity (Wildman–Crippen MR) is 118 cm³/mol. The van der Waals surface area contributed by atoms with Crippen molar-refractivity contribution in [2.45, 2.75) is 50.9 Å². The zero-order valence-electron chi connectivity index (χ0n) is 19.1. The van der Waals surface area contributed by atoms with Gasteiger partial charge < -0.3 is 19.1 Å². The number of hydrogen-bond donors (Lipinski definition) is 0. The summed E-state index contributed by atoms with van der Waals surface area (Å²) >= 11 is 0. The normalized spacial score (nSPS) is 26.5. The van der Waals surface area contributed by atoms with E-state index in [1.54, 1.807) is 0 Å². The maximum absolute atomic E-state index is 13.4. The highest BCUT2D eigenvalue weighted by Crippen LogP contribution is 2.45. The largest absolute Gasteiger partial charge is 0.421 e. The standard InChI is InChI=1S/C23H31N3O7/c1-3-10-25(22(28)33-19-6-4-18(5-7-19)26(29)30)21(27)17-13-16-14-23(31-11-12-32-23)9-8-20(16)24(2)15-17/h4-7,16-17,20H,3,8-15H2,1-2H3/t16-,17-,20-/m1/s1. The van der Waals surface area contributed by atoms with Crippen LogP contribution in [0.15, 0.2) is 24.3 Å². The molecule has 2 amide bonds. The number of amides is 2. The Kier molecular flexibility index (Phi) is 6.96. The molecule has 10 nitrogen and oxygen atoms in total. The zero-order chi connectivity index (χ0) is 23.6. The van der Waals surface area contributed by atoms with E-state index < -0.39 is 16.8 Å². The lowest BCUT2D eigenvalue weighted by molar-refractivity contribution is -0.384. The number of carbonyl (C=O) groups is 2. The molecule has 3 atom stereocenters. The first-order chi connectivity index (χ1) is 15.8. The average molecular weight is 462 g/mol. The molecule has 3 fully saturated rings. The molecule has 10 heteroatoms. The summed E-state index contributed by atoms with van der Waals surface area (Å²) in [6.07, 6.45) is 3.09. The maximum Gasteiger partial charge on any atom is 0.421 e. The van der Waals surface area contributed by atoms with Crippen molar-refractivity contribution >= 4 is 17.7 Å². The Hall–Kier alpha value is -2.56. The third-order valence-corrected chi connectivity index (χ3v) is 6.95. The lowest BCUT2D eigenvalue weighted by atomic mass is 9.72. The SMILES string of the molecule is CCCN(C(=O)Oc1ccc([N+](=O)[O-])cc1)C(=O)[C@@H]1C[C@@H]2CC3(CC[C@H]2N(C)C1)OCCO3. The van der Waals surface area contributed by atoms with Gasteiger partial charge in [0.1, 0.15) is 5.75 Å². The summed E-state index contributed by atoms with van der Waals surface area (Å²) in [4.78, 5) is 40.0. The maximum atomic E-state index is 13.4. The van der Waals surface area contributed by atoms with Crippen molar-refractivity contribution in [3.05, 3.63) is 34.4 Å². The van der Waals surface area contributed by atoms with Gasteiger partial charge in [-0.2, -0.15) is 0 Å². The van der Waals surface area contributed by atoms with Crippen molar-refractivity contribution in [3.63, 3.8) is 0 Å². The fourth-order valence-electron chi connectivity index (χ4n) is 5.45. The third-order valence-electron chi connectivity index (χ3n) is 6.95. The number of hydrogen-bond acceptors (Lipinski definition) is 8. The molecule has 0 bridgehead atoms. The van der Waals surface area contributed by atoms with E-state index in [1.807, 2.05) is 14.0 Å². The van der Waals surface area contributed by atoms with Crippen LogP contribution < -0.4 is 4.74 Å². The Balaban J connectivity index is 1.44. The Morgan fingerprint density at radius 1 is 1.27 bits per heavy atom. The summed E-state index contributed by atoms with van der Waals surface area (Å²) in [5, 5.41) is 10.8. The Morgan fingerprint density at radius 2 is 1.97 bits per heavy atom. The molecule has 0 aromatic heterocycles. The molecule has 1 spiro atoms. The second-order valence-electron chi connectivity index (χ2n) is 9.16. The Bertz CT molecular complexity index is 885. The van der Waals surface area contributed by atoms with Crippen LogP contribution in [0.25, 0.3) is 0 Å². The quantitative estimate of drug-likeness (QED) is 0.485. The van der Waals surface area contributed by atoms with Gasteiger partial charge in [-0.15, -0.1) is 0 Å². The molecule has 0 N–H and O–H groups in total. The molecular formula is C23H31N3O7. The van der Waals surface area contributed by atoms with Gasteiger partial charge in [0.05, 0.1) is 24.1 Å². The highest BCUT2D eigenvalue weighted by Gasteiger charge is 2.49. The zero-order valence-corrected chi connectivity index (χ0v) is 19.1. The number of imide groups is 1. The van der Waals surface area contributed by atoms with E-state index in [0.29, 0.717) is 38.6 Å². The van der Waals surface area contributed by atoms with E-state index in [4.69, 9.17) is 14.2 Å². The molecule has 2 aliphatic heterocycles. The van der Waals surface area contributed by atoms with Gasteiger partial charge in [-0.05, 0) is 44.4 Å². The highest BCUT2D eigenvalue weighted by molar-refractivity contribution is 5.94. The number of likely N-dealkylation sites (tertiary alicyclic amines) is 1. The van der Waals surface area contributed by atoms with Gasteiger partial charge in [-0.1, -0.05) is 6.92 Å². The van der Waals surface area contributed by atoms with E-state index in [2.05, 4.69) is 4.90 Å². The van der Waals surface area contributed by atoms with Crippen molar-refractivity contribution in [1.29, 1.82) is 0 Å². The van der Waals surface area contributed by atoms with E-state index in [0.717, 1.165) is 19.3 Å². The van der Waals surface area contributed by atoms with Gasteiger partial charge in [0.15, 0.2) is 5.79 Å². The topological polar surface area (TPSA) is 111 Å². The van der Waals surface area contributed by atoms with Gasteiger partial charge in [0.25, 0.3) is 5.69 Å². The fraction of sp³-hybridized carbons (Fsp3) is 0.652. The fourth-order valence-corrected chi connectivity index (χ4v) is 5.45. The number of piperidine rings is 1. The Morgan fingerprint density at radius 3 is 2.61 bits per heavy atom. The number of ether oxygens (including phenoxy) is 3. The van der Waals surface area contributed by atoms with Crippen LogP contribution in [0.4, 0.5) is 10.5 Å². The van der Waals surface area contributed by atoms with Gasteiger partial charge in [0.2, 0.25) is 5.91 Å². The number of nitro groups is 1. The summed E-state index contributed by atoms with van der Waals surface area (Å²) in [6.45, 7) is 3.93. The number of benzene rings is 1. The van der Waals surface area contributed by atoms with Crippen LogP contribution in [0.5, 0.6) is 5.75 Å². The number of non-ortho nitro benzene ring substituents is 1. The van der Waals surface area contributed by atoms with E-state index >= 15 is 0 Å².